The van der Waals surface area contributed by atoms with Gasteiger partial charge < -0.3 is 8.37 Å². The molecule has 4 aromatic rings. The number of fused-ring (bicyclic) bond motifs is 6. The van der Waals surface area contributed by atoms with E-state index in [4.69, 9.17) is 0 Å². The fraction of sp³-hybridized carbons (Fsp3) is 0.694. The molecule has 0 radical (unpaired) electrons. The molecule has 4 aliphatic carbocycles. The average molecular weight is 2390 g/mol. The molecule has 8 rings (SSSR count). The summed E-state index contributed by atoms with van der Waals surface area (Å²) < 4.78 is 1100. The Labute approximate surface area is 780 Å². The molecule has 0 aliphatic heterocycles. The minimum absolute atomic E-state index is 0.592. The molecule has 0 saturated heterocycles. The van der Waals surface area contributed by atoms with Crippen LogP contribution in [-0.2, 0) is 53.5 Å². The Bertz CT molecular complexity index is 5840. The van der Waals surface area contributed by atoms with Gasteiger partial charge in [-0.1, -0.05) is 52.0 Å². The molecular formula is C72H38F68O8S2. The van der Waals surface area contributed by atoms with Gasteiger partial charge in [-0.25, -0.2) is 0 Å². The Hall–Kier alpha value is -8.52. The van der Waals surface area contributed by atoms with E-state index in [-0.39, 0.29) is 0 Å². The summed E-state index contributed by atoms with van der Waals surface area (Å²) in [5.74, 6) is -296. The number of hydrogen-bond acceptors (Lipinski definition) is 8. The number of benzene rings is 4. The van der Waals surface area contributed by atoms with Crippen LogP contribution in [0.4, 0.5) is 299 Å². The van der Waals surface area contributed by atoms with Gasteiger partial charge in [-0.3, -0.25) is 9.59 Å². The van der Waals surface area contributed by atoms with Crippen LogP contribution < -0.4 is 8.37 Å². The van der Waals surface area contributed by atoms with Crippen molar-refractivity contribution in [1.29, 1.82) is 0 Å². The lowest BCUT2D eigenvalue weighted by Gasteiger charge is -2.43. The normalized spacial score (nSPS) is 21.3. The molecule has 0 spiro atoms. The van der Waals surface area contributed by atoms with E-state index < -0.39 is 421 Å². The highest BCUT2D eigenvalue weighted by atomic mass is 32.2. The van der Waals surface area contributed by atoms with Crippen LogP contribution in [0.5, 0.6) is 11.5 Å². The first-order chi connectivity index (χ1) is 65.0. The third-order valence-corrected chi connectivity index (χ3v) is 28.9. The van der Waals surface area contributed by atoms with Gasteiger partial charge in [-0.15, -0.1) is 0 Å². The van der Waals surface area contributed by atoms with Gasteiger partial charge in [0.15, 0.2) is 11.5 Å². The number of Topliss-reactive ketones (excluding diaryl/α,β-unsaturated/α-hetero) is 2. The maximum absolute atomic E-state index is 17.9. The van der Waals surface area contributed by atoms with Gasteiger partial charge in [-0.05, 0) is 94.2 Å². The largest absolute Gasteiger partial charge is 0.460 e. The number of halogens is 68. The van der Waals surface area contributed by atoms with Gasteiger partial charge in [-0.2, -0.15) is 315 Å². The highest BCUT2D eigenvalue weighted by Crippen LogP contribution is 2.75. The highest BCUT2D eigenvalue weighted by Gasteiger charge is 3.01. The molecule has 862 valence electrons. The Morgan fingerprint density at radius 2 is 0.413 bits per heavy atom. The Kier molecular flexibility index (Phi) is 28.3. The van der Waals surface area contributed by atoms with E-state index in [0.29, 0.717) is 27.7 Å². The molecule has 8 nitrogen and oxygen atoms in total. The number of rotatable bonds is 37. The van der Waals surface area contributed by atoms with Crippen LogP contribution in [0.3, 0.4) is 0 Å². The molecule has 4 aromatic carbocycles. The lowest BCUT2D eigenvalue weighted by Crippen LogP contribution is -2.74. The maximum Gasteiger partial charge on any atom is 0.460 e. The summed E-state index contributed by atoms with van der Waals surface area (Å²) >= 11 is 0. The lowest BCUT2D eigenvalue weighted by molar-refractivity contribution is -0.462. The van der Waals surface area contributed by atoms with Crippen molar-refractivity contribution in [2.24, 2.45) is 33.5 Å². The molecule has 0 N–H and O–H groups in total. The van der Waals surface area contributed by atoms with Crippen LogP contribution in [0.25, 0.3) is 32.7 Å². The zero-order valence-electron chi connectivity index (χ0n) is 70.2. The average Bonchev–Trinajstić information content (AvgIpc) is 1.000. The first-order valence-corrected chi connectivity index (χ1v) is 41.1. The van der Waals surface area contributed by atoms with Crippen molar-refractivity contribution in [2.75, 3.05) is 11.5 Å². The molecule has 0 aromatic heterocycles. The van der Waals surface area contributed by atoms with Gasteiger partial charge in [0.05, 0.1) is 22.3 Å². The first-order valence-electron chi connectivity index (χ1n) is 38.0. The molecule has 150 heavy (non-hydrogen) atoms. The van der Waals surface area contributed by atoms with Gasteiger partial charge in [0.2, 0.25) is 0 Å². The second-order valence-electron chi connectivity index (χ2n) is 35.1. The number of carbonyl (C=O) groups excluding carboxylic acids is 2. The van der Waals surface area contributed by atoms with Crippen LogP contribution in [0.15, 0.2) is 48.5 Å². The predicted octanol–water partition coefficient (Wildman–Crippen LogP) is 29.7. The van der Waals surface area contributed by atoms with Crippen LogP contribution in [0, 0.1) is 33.5 Å². The van der Waals surface area contributed by atoms with Crippen LogP contribution in [-0.4, -0.2) is 207 Å². The van der Waals surface area contributed by atoms with Crippen molar-refractivity contribution >= 4 is 53.3 Å². The summed E-state index contributed by atoms with van der Waals surface area (Å²) in [5.41, 5.74) is -39.2. The molecule has 4 fully saturated rings. The quantitative estimate of drug-likeness (QED) is 0.0323. The fourth-order valence-corrected chi connectivity index (χ4v) is 20.4. The molecule has 4 bridgehead atoms. The van der Waals surface area contributed by atoms with Gasteiger partial charge in [0.25, 0.3) is 0 Å². The number of hydrogen-bond donors (Lipinski definition) is 0. The lowest BCUT2D eigenvalue weighted by atomic mass is 9.70. The Balaban J connectivity index is 1.80. The predicted molar refractivity (Wildman–Crippen MR) is 351 cm³/mol. The summed E-state index contributed by atoms with van der Waals surface area (Å²) in [7, 11) is -15.3. The minimum atomic E-state index is -10.4. The van der Waals surface area contributed by atoms with E-state index in [0.717, 1.165) is 0 Å². The fourth-order valence-electron chi connectivity index (χ4n) is 16.9. The standard InChI is InChI=1S/C72H38F68O8S2/c1-37(2)21-9-11-39(37,33(141)15-21)19-149(143,144)147-31-17-29(43(77,78)47(85,86)51(93,94)55(101,102)59(109,110)63(117,118)67(125,126)71(135,136)137)27-13-23(41(73,74)45(81,82)49(89,90)53(97,98)57(105,106)61(113,114)65(121,122)69(129,130)131)5-7-25(27)35(31)36-26-8-6-24(42(75,76)46(83,84)50(91,92)54(99,100)58(107,108)62(115,116)66(123,124)70(132,133)134)14-28(26)30(18-32(36)148-150(145,146)20-40-12-10-22(16-34(40)142)38(40,3)4)44(79,80)48(87,88)52(95,96)56(103,104)60(111,112)64(119,120)68(127,128)72(138,139)140/h5-8,13-14,17-18,21-22H,9-12,15-16,19-20H2,1-4H3. The second-order valence-corrected chi connectivity index (χ2v) is 38.2. The zero-order valence-corrected chi connectivity index (χ0v) is 71.8. The molecular weight excluding hydrogens is 2350 g/mol. The molecule has 4 aliphatic rings. The monoisotopic (exact) mass is 2390 g/mol. The second kappa shape index (κ2) is 33.5. The topological polar surface area (TPSA) is 121 Å². The third-order valence-electron chi connectivity index (χ3n) is 26.3. The maximum atomic E-state index is 17.9. The Morgan fingerprint density at radius 1 is 0.240 bits per heavy atom. The van der Waals surface area contributed by atoms with Crippen LogP contribution in [0.1, 0.15) is 88.5 Å². The summed E-state index contributed by atoms with van der Waals surface area (Å²) in [5, 5.41) is -17.1. The van der Waals surface area contributed by atoms with E-state index in [9.17, 15) is 150 Å². The molecule has 0 amide bonds. The summed E-state index contributed by atoms with van der Waals surface area (Å²) in [6, 6.07) is -19.6. The van der Waals surface area contributed by atoms with Crippen LogP contribution >= 0.6 is 0 Å². The van der Waals surface area contributed by atoms with Crippen molar-refractivity contribution in [1.82, 2.24) is 0 Å². The van der Waals surface area contributed by atoms with E-state index in [1.165, 1.54) is 0 Å². The smallest absolute Gasteiger partial charge is 0.382 e. The van der Waals surface area contributed by atoms with E-state index >= 15 is 175 Å². The van der Waals surface area contributed by atoms with Crippen molar-refractivity contribution in [3.05, 3.63) is 70.8 Å². The molecule has 78 heteroatoms. The van der Waals surface area contributed by atoms with E-state index in [1.807, 2.05) is 0 Å². The molecule has 0 heterocycles. The SMILES string of the molecule is CC1(C)C2CCC1(CS(=O)(=O)Oc1cc(C(F)(F)C(F)(F)C(F)(F)C(F)(F)C(F)(F)C(F)(F)C(F)(F)C(F)(F)F)c3cc(C(F)(F)C(F)(F)C(F)(F)C(F)(F)C(F)(F)C(F)(F)C(F)(F)C(F)(F)F)ccc3c1-c1c(OS(=O)(=O)CC34CCC(CC3=O)C4(C)C)cc(C(F)(F)C(F)(F)C(F)(F)C(F)(F)C(F)(F)C(F)(F)C(F)(F)C(F)(F)F)c3cc(C(F)(F)C(F)(F)C(F)(F)C(F)(F)C(F)(F)C(F)(F)C(F)(F)C(F)(F)F)ccc13)C(=O)C2. The molecule has 4 unspecified atom stereocenters. The number of ketones is 2. The third kappa shape index (κ3) is 15.6. The first kappa shape index (κ1) is 127. The zero-order chi connectivity index (χ0) is 119. The Morgan fingerprint density at radius 3 is 0.580 bits per heavy atom. The minimum Gasteiger partial charge on any atom is -0.382 e. The number of carbonyl (C=O) groups is 2. The van der Waals surface area contributed by atoms with E-state index in [1.54, 1.807) is 0 Å². The van der Waals surface area contributed by atoms with Crippen molar-refractivity contribution in [2.45, 2.75) is 257 Å². The number of alkyl halides is 68. The molecule has 4 atom stereocenters. The van der Waals surface area contributed by atoms with Gasteiger partial charge in [0, 0.05) is 46.2 Å². The molecule has 4 saturated carbocycles. The van der Waals surface area contributed by atoms with Gasteiger partial charge >= 0.3 is 211 Å². The van der Waals surface area contributed by atoms with Crippen LogP contribution in [0.2, 0.25) is 0 Å². The summed E-state index contributed by atoms with van der Waals surface area (Å²) in [6.07, 6.45) is -41.8. The highest BCUT2D eigenvalue weighted by molar-refractivity contribution is 7.87. The van der Waals surface area contributed by atoms with Crippen molar-refractivity contribution in [3.8, 4) is 22.6 Å². The van der Waals surface area contributed by atoms with Gasteiger partial charge in [0.1, 0.15) is 11.6 Å². The van der Waals surface area contributed by atoms with E-state index in [2.05, 4.69) is 8.37 Å². The van der Waals surface area contributed by atoms with Crippen molar-refractivity contribution in [3.63, 3.8) is 0 Å². The van der Waals surface area contributed by atoms with Crippen molar-refractivity contribution < 1.29 is 333 Å². The summed E-state index contributed by atoms with van der Waals surface area (Å²) in [4.78, 5) is 27.7. The summed E-state index contributed by atoms with van der Waals surface area (Å²) in [6.45, 7) is 2.37.